The maximum atomic E-state index is 11.7. The molecule has 0 spiro atoms. The molecule has 1 N–H and O–H groups in total. The lowest BCUT2D eigenvalue weighted by Crippen LogP contribution is -2.40. The molecule has 14 heavy (non-hydrogen) atoms. The first kappa shape index (κ1) is 9.93. The maximum absolute atomic E-state index is 11.7. The topological polar surface area (TPSA) is 59.1 Å². The third kappa shape index (κ3) is 1.53. The van der Waals surface area contributed by atoms with E-state index in [0.717, 1.165) is 12.8 Å². The Morgan fingerprint density at radius 2 is 2.43 bits per heavy atom. The summed E-state index contributed by atoms with van der Waals surface area (Å²) >= 11 is 0. The van der Waals surface area contributed by atoms with Crippen molar-refractivity contribution in [1.82, 2.24) is 0 Å². The Bertz CT molecular complexity index is 236. The molecule has 4 heteroatoms. The quantitative estimate of drug-likeness (QED) is 0.531. The van der Waals surface area contributed by atoms with Gasteiger partial charge in [-0.25, -0.2) is 0 Å². The number of methoxy groups -OCH3 is 1. The number of rotatable bonds is 3. The van der Waals surface area contributed by atoms with Crippen molar-refractivity contribution in [2.24, 2.45) is 5.41 Å². The molecule has 2 rings (SSSR count). The van der Waals surface area contributed by atoms with Gasteiger partial charge < -0.3 is 14.6 Å². The Labute approximate surface area is 83.2 Å². The van der Waals surface area contributed by atoms with Crippen molar-refractivity contribution in [2.45, 2.75) is 37.9 Å². The smallest absolute Gasteiger partial charge is 0.314 e. The SMILES string of the molecule is COC(=O)C1(CC2CO2)CCCC1O. The molecule has 3 atom stereocenters. The van der Waals surface area contributed by atoms with E-state index in [1.54, 1.807) is 0 Å². The summed E-state index contributed by atoms with van der Waals surface area (Å²) in [7, 11) is 1.38. The minimum Gasteiger partial charge on any atom is -0.469 e. The van der Waals surface area contributed by atoms with E-state index < -0.39 is 11.5 Å². The first-order valence-corrected chi connectivity index (χ1v) is 5.07. The molecule has 0 radical (unpaired) electrons. The standard InChI is InChI=1S/C10H16O4/c1-13-9(12)10(5-7-6-14-7)4-2-3-8(10)11/h7-8,11H,2-6H2,1H3. The normalized spacial score (nSPS) is 41.0. The third-order valence-electron chi connectivity index (χ3n) is 3.32. The summed E-state index contributed by atoms with van der Waals surface area (Å²) in [5.74, 6) is -0.280. The molecule has 0 aromatic rings. The fraction of sp³-hybridized carbons (Fsp3) is 0.900. The molecular formula is C10H16O4. The van der Waals surface area contributed by atoms with Gasteiger partial charge in [-0.05, 0) is 25.7 Å². The number of epoxide rings is 1. The molecule has 0 bridgehead atoms. The Kier molecular flexibility index (Phi) is 2.49. The average Bonchev–Trinajstić information content (AvgIpc) is 2.91. The molecule has 3 unspecified atom stereocenters. The number of aliphatic hydroxyl groups is 1. The van der Waals surface area contributed by atoms with Crippen LogP contribution in [-0.4, -0.2) is 37.0 Å². The molecule has 0 aromatic carbocycles. The van der Waals surface area contributed by atoms with E-state index in [9.17, 15) is 9.90 Å². The second-order valence-electron chi connectivity index (χ2n) is 4.22. The van der Waals surface area contributed by atoms with E-state index in [4.69, 9.17) is 9.47 Å². The van der Waals surface area contributed by atoms with Crippen LogP contribution in [0.2, 0.25) is 0 Å². The maximum Gasteiger partial charge on any atom is 0.314 e. The van der Waals surface area contributed by atoms with Gasteiger partial charge in [-0.1, -0.05) is 0 Å². The summed E-state index contributed by atoms with van der Waals surface area (Å²) in [4.78, 5) is 11.7. The lowest BCUT2D eigenvalue weighted by Gasteiger charge is -2.28. The molecule has 1 saturated heterocycles. The average molecular weight is 200 g/mol. The van der Waals surface area contributed by atoms with Crippen molar-refractivity contribution in [3.8, 4) is 0 Å². The van der Waals surface area contributed by atoms with Gasteiger partial charge in [0.2, 0.25) is 0 Å². The monoisotopic (exact) mass is 200 g/mol. The number of hydrogen-bond donors (Lipinski definition) is 1. The number of ether oxygens (including phenoxy) is 2. The van der Waals surface area contributed by atoms with Crippen molar-refractivity contribution in [3.63, 3.8) is 0 Å². The van der Waals surface area contributed by atoms with Crippen molar-refractivity contribution < 1.29 is 19.4 Å². The lowest BCUT2D eigenvalue weighted by molar-refractivity contribution is -0.159. The highest BCUT2D eigenvalue weighted by Crippen LogP contribution is 2.45. The summed E-state index contributed by atoms with van der Waals surface area (Å²) in [5, 5.41) is 9.86. The molecule has 0 aromatic heterocycles. The Balaban J connectivity index is 2.13. The largest absolute Gasteiger partial charge is 0.469 e. The van der Waals surface area contributed by atoms with E-state index >= 15 is 0 Å². The van der Waals surface area contributed by atoms with Gasteiger partial charge in [-0.2, -0.15) is 0 Å². The summed E-state index contributed by atoms with van der Waals surface area (Å²) in [6.45, 7) is 0.714. The van der Waals surface area contributed by atoms with Gasteiger partial charge in [0.05, 0.1) is 31.3 Å². The molecule has 0 amide bonds. The predicted octanol–water partition coefficient (Wildman–Crippen LogP) is 0.480. The molecule has 1 saturated carbocycles. The molecule has 2 aliphatic rings. The van der Waals surface area contributed by atoms with E-state index in [2.05, 4.69) is 0 Å². The Morgan fingerprint density at radius 1 is 1.71 bits per heavy atom. The van der Waals surface area contributed by atoms with Crippen molar-refractivity contribution in [3.05, 3.63) is 0 Å². The molecular weight excluding hydrogens is 184 g/mol. The number of carbonyl (C=O) groups excluding carboxylic acids is 1. The predicted molar refractivity (Wildman–Crippen MR) is 48.7 cm³/mol. The van der Waals surface area contributed by atoms with E-state index in [0.29, 0.717) is 19.4 Å². The van der Waals surface area contributed by atoms with Crippen LogP contribution in [0, 0.1) is 5.41 Å². The van der Waals surface area contributed by atoms with Crippen molar-refractivity contribution >= 4 is 5.97 Å². The van der Waals surface area contributed by atoms with Gasteiger partial charge in [0.25, 0.3) is 0 Å². The molecule has 80 valence electrons. The van der Waals surface area contributed by atoms with Crippen LogP contribution < -0.4 is 0 Å². The zero-order valence-corrected chi connectivity index (χ0v) is 8.36. The summed E-state index contributed by atoms with van der Waals surface area (Å²) in [6, 6.07) is 0. The van der Waals surface area contributed by atoms with Crippen LogP contribution in [-0.2, 0) is 14.3 Å². The number of hydrogen-bond acceptors (Lipinski definition) is 4. The Morgan fingerprint density at radius 3 is 2.86 bits per heavy atom. The summed E-state index contributed by atoms with van der Waals surface area (Å²) in [6.07, 6.45) is 2.52. The van der Waals surface area contributed by atoms with Crippen molar-refractivity contribution in [2.75, 3.05) is 13.7 Å². The minimum atomic E-state index is -0.685. The van der Waals surface area contributed by atoms with Crippen LogP contribution in [0.3, 0.4) is 0 Å². The highest BCUT2D eigenvalue weighted by atomic mass is 16.6. The van der Waals surface area contributed by atoms with Crippen LogP contribution >= 0.6 is 0 Å². The van der Waals surface area contributed by atoms with Gasteiger partial charge in [-0.15, -0.1) is 0 Å². The van der Waals surface area contributed by atoms with Gasteiger partial charge in [0.1, 0.15) is 0 Å². The third-order valence-corrected chi connectivity index (χ3v) is 3.32. The highest BCUT2D eigenvalue weighted by molar-refractivity contribution is 5.78. The lowest BCUT2D eigenvalue weighted by atomic mass is 9.79. The highest BCUT2D eigenvalue weighted by Gasteiger charge is 2.52. The van der Waals surface area contributed by atoms with Crippen LogP contribution in [0.5, 0.6) is 0 Å². The summed E-state index contributed by atoms with van der Waals surface area (Å²) in [5.41, 5.74) is -0.685. The van der Waals surface area contributed by atoms with Gasteiger partial charge in [0, 0.05) is 0 Å². The number of aliphatic hydroxyl groups excluding tert-OH is 1. The fourth-order valence-corrected chi connectivity index (χ4v) is 2.41. The van der Waals surface area contributed by atoms with Crippen LogP contribution in [0.4, 0.5) is 0 Å². The van der Waals surface area contributed by atoms with Crippen LogP contribution in [0.1, 0.15) is 25.7 Å². The van der Waals surface area contributed by atoms with Gasteiger partial charge in [-0.3, -0.25) is 4.79 Å². The second-order valence-corrected chi connectivity index (χ2v) is 4.22. The van der Waals surface area contributed by atoms with Gasteiger partial charge in [0.15, 0.2) is 0 Å². The first-order valence-electron chi connectivity index (χ1n) is 5.07. The fourth-order valence-electron chi connectivity index (χ4n) is 2.41. The number of esters is 1. The van der Waals surface area contributed by atoms with Crippen LogP contribution in [0.15, 0.2) is 0 Å². The molecule has 2 fully saturated rings. The molecule has 1 heterocycles. The molecule has 1 aliphatic heterocycles. The molecule has 4 nitrogen and oxygen atoms in total. The zero-order chi connectivity index (χ0) is 10.2. The summed E-state index contributed by atoms with van der Waals surface area (Å²) < 4.78 is 9.90. The van der Waals surface area contributed by atoms with Crippen molar-refractivity contribution in [1.29, 1.82) is 0 Å². The van der Waals surface area contributed by atoms with E-state index in [1.807, 2.05) is 0 Å². The minimum absolute atomic E-state index is 0.154. The van der Waals surface area contributed by atoms with E-state index in [1.165, 1.54) is 7.11 Å². The first-order chi connectivity index (χ1) is 6.69. The molecule has 1 aliphatic carbocycles. The Hall–Kier alpha value is -0.610. The zero-order valence-electron chi connectivity index (χ0n) is 8.36. The second kappa shape index (κ2) is 3.51. The van der Waals surface area contributed by atoms with Gasteiger partial charge >= 0.3 is 5.97 Å². The van der Waals surface area contributed by atoms with Crippen LogP contribution in [0.25, 0.3) is 0 Å². The number of carbonyl (C=O) groups is 1. The van der Waals surface area contributed by atoms with E-state index in [-0.39, 0.29) is 12.1 Å².